The summed E-state index contributed by atoms with van der Waals surface area (Å²) in [5.74, 6) is 1.23. The van der Waals surface area contributed by atoms with E-state index in [1.54, 1.807) is 0 Å². The molecule has 0 saturated carbocycles. The Balaban J connectivity index is 1.36. The zero-order chi connectivity index (χ0) is 17.8. The molecule has 134 valence electrons. The third kappa shape index (κ3) is 4.53. The number of rotatable bonds is 6. The number of amides is 2. The van der Waals surface area contributed by atoms with E-state index in [0.29, 0.717) is 19.0 Å². The van der Waals surface area contributed by atoms with Crippen molar-refractivity contribution in [1.29, 1.82) is 0 Å². The summed E-state index contributed by atoms with van der Waals surface area (Å²) in [6.07, 6.45) is 0.848. The molecule has 25 heavy (non-hydrogen) atoms. The molecule has 2 aromatic rings. The number of ether oxygens (including phenoxy) is 1. The van der Waals surface area contributed by atoms with Crippen molar-refractivity contribution < 1.29 is 9.53 Å². The monoisotopic (exact) mass is 342 g/mol. The van der Waals surface area contributed by atoms with Crippen molar-refractivity contribution in [2.24, 2.45) is 5.92 Å². The number of aromatic nitrogens is 2. The van der Waals surface area contributed by atoms with E-state index in [4.69, 9.17) is 4.74 Å². The minimum absolute atomic E-state index is 0.00951. The summed E-state index contributed by atoms with van der Waals surface area (Å²) in [5.41, 5.74) is 3.37. The smallest absolute Gasteiger partial charge is 0.314 e. The highest BCUT2D eigenvalue weighted by atomic mass is 16.5. The van der Waals surface area contributed by atoms with Gasteiger partial charge in [0.05, 0.1) is 12.2 Å². The van der Waals surface area contributed by atoms with E-state index in [0.717, 1.165) is 30.1 Å². The molecule has 2 N–H and O–H groups in total. The van der Waals surface area contributed by atoms with Crippen LogP contribution in [0.15, 0.2) is 30.3 Å². The lowest BCUT2D eigenvalue weighted by molar-refractivity contribution is 0.213. The second-order valence-electron chi connectivity index (χ2n) is 6.86. The van der Waals surface area contributed by atoms with E-state index in [9.17, 15) is 4.79 Å². The predicted molar refractivity (Wildman–Crippen MR) is 96.8 cm³/mol. The second kappa shape index (κ2) is 7.59. The molecule has 1 aromatic heterocycles. The van der Waals surface area contributed by atoms with Crippen molar-refractivity contribution in [1.82, 2.24) is 20.4 Å². The van der Waals surface area contributed by atoms with Crippen LogP contribution in [0.1, 0.15) is 23.9 Å². The molecule has 1 aliphatic heterocycles. The van der Waals surface area contributed by atoms with Crippen LogP contribution in [0.3, 0.4) is 0 Å². The Kier molecular flexibility index (Phi) is 5.26. The molecular weight excluding hydrogens is 316 g/mol. The van der Waals surface area contributed by atoms with Gasteiger partial charge in [-0.3, -0.25) is 4.68 Å². The van der Waals surface area contributed by atoms with E-state index in [1.807, 2.05) is 36.7 Å². The number of nitrogens with zero attached hydrogens (tertiary/aromatic N) is 2. The lowest BCUT2D eigenvalue weighted by atomic mass is 10.1. The quantitative estimate of drug-likeness (QED) is 0.847. The highest BCUT2D eigenvalue weighted by molar-refractivity contribution is 5.73. The molecule has 1 aromatic carbocycles. The van der Waals surface area contributed by atoms with Crippen LogP contribution in [0.5, 0.6) is 5.75 Å². The highest BCUT2D eigenvalue weighted by Crippen LogP contribution is 2.27. The number of carbonyl (C=O) groups is 1. The van der Waals surface area contributed by atoms with E-state index < -0.39 is 0 Å². The molecule has 1 aliphatic rings. The first-order valence-electron chi connectivity index (χ1n) is 8.78. The maximum absolute atomic E-state index is 12.0. The van der Waals surface area contributed by atoms with Gasteiger partial charge in [0.2, 0.25) is 0 Å². The van der Waals surface area contributed by atoms with Gasteiger partial charge >= 0.3 is 6.03 Å². The van der Waals surface area contributed by atoms with E-state index in [1.165, 1.54) is 5.56 Å². The lowest BCUT2D eigenvalue weighted by Gasteiger charge is -2.16. The minimum Gasteiger partial charge on any atom is -0.488 e. The molecule has 0 bridgehead atoms. The number of aryl methyl sites for hydroxylation is 2. The Morgan fingerprint density at radius 3 is 2.88 bits per heavy atom. The molecule has 0 aliphatic carbocycles. The third-order valence-electron chi connectivity index (χ3n) is 4.40. The first-order chi connectivity index (χ1) is 12.0. The van der Waals surface area contributed by atoms with Crippen molar-refractivity contribution in [3.8, 4) is 5.75 Å². The van der Waals surface area contributed by atoms with Crippen molar-refractivity contribution in [3.63, 3.8) is 0 Å². The number of urea groups is 1. The molecule has 0 spiro atoms. The summed E-state index contributed by atoms with van der Waals surface area (Å²) in [6.45, 7) is 8.05. The summed E-state index contributed by atoms with van der Waals surface area (Å²) in [7, 11) is 0. The minimum atomic E-state index is -0.153. The number of fused-ring (bicyclic) bond motifs is 1. The average Bonchev–Trinajstić information content (AvgIpc) is 3.13. The van der Waals surface area contributed by atoms with Crippen LogP contribution in [0, 0.1) is 19.8 Å². The number of benzene rings is 1. The zero-order valence-corrected chi connectivity index (χ0v) is 15.1. The van der Waals surface area contributed by atoms with Crippen LogP contribution in [0.2, 0.25) is 0 Å². The number of hydrogen-bond donors (Lipinski definition) is 2. The van der Waals surface area contributed by atoms with Crippen LogP contribution in [-0.4, -0.2) is 35.0 Å². The SMILES string of the molecule is Cc1cc(C)n(C[C@@H](C)CNC(=O)NC[C@H]2Cc3ccccc3O2)n1. The lowest BCUT2D eigenvalue weighted by Crippen LogP contribution is -2.42. The maximum atomic E-state index is 12.0. The Morgan fingerprint density at radius 2 is 2.16 bits per heavy atom. The second-order valence-corrected chi connectivity index (χ2v) is 6.86. The Hall–Kier alpha value is -2.50. The van der Waals surface area contributed by atoms with Gasteiger partial charge in [-0.1, -0.05) is 25.1 Å². The molecule has 6 nitrogen and oxygen atoms in total. The fourth-order valence-electron chi connectivity index (χ4n) is 3.12. The van der Waals surface area contributed by atoms with Crippen molar-refractivity contribution in [3.05, 3.63) is 47.3 Å². The topological polar surface area (TPSA) is 68.2 Å². The molecule has 2 heterocycles. The van der Waals surface area contributed by atoms with E-state index in [-0.39, 0.29) is 12.1 Å². The first kappa shape index (κ1) is 17.3. The summed E-state index contributed by atoms with van der Waals surface area (Å²) in [4.78, 5) is 12.0. The van der Waals surface area contributed by atoms with Crippen LogP contribution >= 0.6 is 0 Å². The van der Waals surface area contributed by atoms with Gasteiger partial charge in [0.15, 0.2) is 0 Å². The van der Waals surface area contributed by atoms with Crippen molar-refractivity contribution in [2.75, 3.05) is 13.1 Å². The summed E-state index contributed by atoms with van der Waals surface area (Å²) in [6, 6.07) is 9.92. The molecule has 0 fully saturated rings. The van der Waals surface area contributed by atoms with Gasteiger partial charge < -0.3 is 15.4 Å². The molecule has 0 radical (unpaired) electrons. The van der Waals surface area contributed by atoms with E-state index in [2.05, 4.69) is 34.8 Å². The Labute approximate surface area is 148 Å². The van der Waals surface area contributed by atoms with Crippen LogP contribution in [0.4, 0.5) is 4.79 Å². The number of para-hydroxylation sites is 1. The number of hydrogen-bond acceptors (Lipinski definition) is 3. The van der Waals surface area contributed by atoms with Gasteiger partial charge in [-0.15, -0.1) is 0 Å². The number of nitrogens with one attached hydrogen (secondary N) is 2. The van der Waals surface area contributed by atoms with Gasteiger partial charge in [0, 0.05) is 25.2 Å². The molecule has 0 saturated heterocycles. The van der Waals surface area contributed by atoms with E-state index >= 15 is 0 Å². The summed E-state index contributed by atoms with van der Waals surface area (Å²) >= 11 is 0. The molecule has 2 atom stereocenters. The van der Waals surface area contributed by atoms with Crippen LogP contribution in [0.25, 0.3) is 0 Å². The maximum Gasteiger partial charge on any atom is 0.314 e. The third-order valence-corrected chi connectivity index (χ3v) is 4.40. The predicted octanol–water partition coefficient (Wildman–Crippen LogP) is 2.44. The standard InChI is InChI=1S/C19H26N4O2/c1-13(12-23-15(3)8-14(2)22-23)10-20-19(24)21-11-17-9-16-6-4-5-7-18(16)25-17/h4-8,13,17H,9-12H2,1-3H3,(H2,20,21,24)/t13-,17+/m0/s1. The van der Waals surface area contributed by atoms with Gasteiger partial charge in [0.25, 0.3) is 0 Å². The van der Waals surface area contributed by atoms with Crippen molar-refractivity contribution >= 4 is 6.03 Å². The molecular formula is C19H26N4O2. The largest absolute Gasteiger partial charge is 0.488 e. The van der Waals surface area contributed by atoms with Crippen molar-refractivity contribution in [2.45, 2.75) is 39.8 Å². The molecule has 6 heteroatoms. The molecule has 0 unspecified atom stereocenters. The molecule has 2 amide bonds. The van der Waals surface area contributed by atoms with Crippen LogP contribution < -0.4 is 15.4 Å². The Bertz CT molecular complexity index is 716. The van der Waals surface area contributed by atoms with Gasteiger partial charge in [0.1, 0.15) is 11.9 Å². The van der Waals surface area contributed by atoms with Gasteiger partial charge in [-0.25, -0.2) is 4.79 Å². The fourth-order valence-corrected chi connectivity index (χ4v) is 3.12. The first-order valence-corrected chi connectivity index (χ1v) is 8.78. The normalized spacial score (nSPS) is 16.8. The molecule has 3 rings (SSSR count). The summed E-state index contributed by atoms with van der Waals surface area (Å²) < 4.78 is 7.81. The van der Waals surface area contributed by atoms with Gasteiger partial charge in [-0.2, -0.15) is 5.10 Å². The highest BCUT2D eigenvalue weighted by Gasteiger charge is 2.22. The zero-order valence-electron chi connectivity index (χ0n) is 15.1. The average molecular weight is 342 g/mol. The number of carbonyl (C=O) groups excluding carboxylic acids is 1. The Morgan fingerprint density at radius 1 is 1.36 bits per heavy atom. The van der Waals surface area contributed by atoms with Gasteiger partial charge in [-0.05, 0) is 37.5 Å². The fraction of sp³-hybridized carbons (Fsp3) is 0.474. The van der Waals surface area contributed by atoms with Crippen LogP contribution in [-0.2, 0) is 13.0 Å². The summed E-state index contributed by atoms with van der Waals surface area (Å²) in [5, 5.41) is 10.3.